The Morgan fingerprint density at radius 1 is 1.27 bits per heavy atom. The van der Waals surface area contributed by atoms with Crippen LogP contribution in [-0.2, 0) is 14.3 Å². The summed E-state index contributed by atoms with van der Waals surface area (Å²) in [5, 5.41) is 0. The summed E-state index contributed by atoms with van der Waals surface area (Å²) in [4.78, 5) is 28.1. The van der Waals surface area contributed by atoms with Crippen LogP contribution in [0.25, 0.3) is 0 Å². The zero-order valence-electron chi connectivity index (χ0n) is 13.7. The van der Waals surface area contributed by atoms with Crippen molar-refractivity contribution in [2.45, 2.75) is 32.9 Å². The number of likely N-dealkylation sites (N-methyl/N-ethyl adjacent to an activating group) is 2. The number of nitrogens with zero attached hydrogens (tertiary/aromatic N) is 2. The molecule has 0 radical (unpaired) electrons. The first-order valence-corrected chi connectivity index (χ1v) is 7.72. The van der Waals surface area contributed by atoms with Crippen LogP contribution in [0.2, 0.25) is 0 Å². The molecule has 0 N–H and O–H groups in total. The topological polar surface area (TPSA) is 49.9 Å². The van der Waals surface area contributed by atoms with Crippen LogP contribution in [0.3, 0.4) is 0 Å². The molecule has 2 atom stereocenters. The van der Waals surface area contributed by atoms with Gasteiger partial charge in [-0.2, -0.15) is 0 Å². The summed E-state index contributed by atoms with van der Waals surface area (Å²) >= 11 is 0. The van der Waals surface area contributed by atoms with Gasteiger partial charge < -0.3 is 14.5 Å². The molecule has 2 amide bonds. The van der Waals surface area contributed by atoms with E-state index in [1.54, 1.807) is 16.8 Å². The van der Waals surface area contributed by atoms with Crippen LogP contribution >= 0.6 is 0 Å². The fraction of sp³-hybridized carbons (Fsp3) is 0.529. The van der Waals surface area contributed by atoms with Gasteiger partial charge in [0, 0.05) is 20.1 Å². The lowest BCUT2D eigenvalue weighted by Gasteiger charge is -2.40. The van der Waals surface area contributed by atoms with E-state index in [4.69, 9.17) is 4.74 Å². The van der Waals surface area contributed by atoms with Crippen molar-refractivity contribution in [3.05, 3.63) is 35.4 Å². The number of hydrogen-bond acceptors (Lipinski definition) is 3. The Morgan fingerprint density at radius 3 is 2.41 bits per heavy atom. The van der Waals surface area contributed by atoms with E-state index in [9.17, 15) is 9.59 Å². The van der Waals surface area contributed by atoms with Gasteiger partial charge in [-0.1, -0.05) is 29.8 Å². The molecule has 0 unspecified atom stereocenters. The minimum atomic E-state index is -0.648. The Balaban J connectivity index is 2.35. The zero-order chi connectivity index (χ0) is 16.3. The maximum absolute atomic E-state index is 12.7. The first kappa shape index (κ1) is 16.5. The van der Waals surface area contributed by atoms with Crippen molar-refractivity contribution in [3.63, 3.8) is 0 Å². The second-order valence-electron chi connectivity index (χ2n) is 5.60. The highest BCUT2D eigenvalue weighted by atomic mass is 16.5. The number of amides is 2. The van der Waals surface area contributed by atoms with Crippen molar-refractivity contribution < 1.29 is 14.3 Å². The van der Waals surface area contributed by atoms with E-state index in [-0.39, 0.29) is 24.5 Å². The molecule has 2 rings (SSSR count). The Hall–Kier alpha value is -1.88. The summed E-state index contributed by atoms with van der Waals surface area (Å²) in [6.45, 7) is 7.12. The van der Waals surface area contributed by atoms with E-state index in [1.807, 2.05) is 45.0 Å². The van der Waals surface area contributed by atoms with Gasteiger partial charge in [0.15, 0.2) is 6.10 Å². The number of morpholine rings is 1. The maximum Gasteiger partial charge on any atom is 0.254 e. The summed E-state index contributed by atoms with van der Waals surface area (Å²) in [6, 6.07) is 7.51. The van der Waals surface area contributed by atoms with Gasteiger partial charge in [0.25, 0.3) is 5.91 Å². The molecule has 1 aromatic rings. The molecule has 1 heterocycles. The third kappa shape index (κ3) is 3.14. The fourth-order valence-corrected chi connectivity index (χ4v) is 2.80. The van der Waals surface area contributed by atoms with Crippen molar-refractivity contribution in [1.82, 2.24) is 9.80 Å². The number of aryl methyl sites for hydroxylation is 1. The standard InChI is InChI=1S/C17H24N2O3/c1-5-19(6-2)17(21)16-15(18(4)14(20)11-22-16)13-9-7-12(3)8-10-13/h7-10,15-16H,5-6,11H2,1-4H3/t15-,16-/m1/s1. The van der Waals surface area contributed by atoms with Gasteiger partial charge >= 0.3 is 0 Å². The number of ether oxygens (including phenoxy) is 1. The van der Waals surface area contributed by atoms with Crippen LogP contribution in [0.15, 0.2) is 24.3 Å². The minimum Gasteiger partial charge on any atom is -0.356 e. The summed E-state index contributed by atoms with van der Waals surface area (Å²) in [5.41, 5.74) is 2.06. The van der Waals surface area contributed by atoms with Gasteiger partial charge in [-0.3, -0.25) is 9.59 Å². The van der Waals surface area contributed by atoms with E-state index in [0.717, 1.165) is 11.1 Å². The van der Waals surface area contributed by atoms with Crippen molar-refractivity contribution in [2.24, 2.45) is 0 Å². The quantitative estimate of drug-likeness (QED) is 0.852. The lowest BCUT2D eigenvalue weighted by molar-refractivity contribution is -0.167. The van der Waals surface area contributed by atoms with Crippen molar-refractivity contribution in [3.8, 4) is 0 Å². The maximum atomic E-state index is 12.7. The number of carbonyl (C=O) groups is 2. The fourth-order valence-electron chi connectivity index (χ4n) is 2.80. The highest BCUT2D eigenvalue weighted by Crippen LogP contribution is 2.30. The number of carbonyl (C=O) groups excluding carboxylic acids is 2. The van der Waals surface area contributed by atoms with Crippen LogP contribution < -0.4 is 0 Å². The van der Waals surface area contributed by atoms with E-state index in [2.05, 4.69) is 0 Å². The summed E-state index contributed by atoms with van der Waals surface area (Å²) in [7, 11) is 1.73. The molecule has 0 spiro atoms. The average molecular weight is 304 g/mol. The molecule has 5 heteroatoms. The molecule has 0 aromatic heterocycles. The van der Waals surface area contributed by atoms with E-state index < -0.39 is 6.10 Å². The van der Waals surface area contributed by atoms with Crippen molar-refractivity contribution in [2.75, 3.05) is 26.7 Å². The molecular weight excluding hydrogens is 280 g/mol. The van der Waals surface area contributed by atoms with Crippen molar-refractivity contribution in [1.29, 1.82) is 0 Å². The van der Waals surface area contributed by atoms with E-state index in [0.29, 0.717) is 13.1 Å². The Bertz CT molecular complexity index is 537. The molecular formula is C17H24N2O3. The summed E-state index contributed by atoms with van der Waals surface area (Å²) < 4.78 is 5.62. The third-order valence-corrected chi connectivity index (χ3v) is 4.22. The largest absolute Gasteiger partial charge is 0.356 e. The highest BCUT2D eigenvalue weighted by molar-refractivity contribution is 5.86. The molecule has 120 valence electrons. The molecule has 1 saturated heterocycles. The lowest BCUT2D eigenvalue weighted by atomic mass is 9.96. The predicted octanol–water partition coefficient (Wildman–Crippen LogP) is 1.76. The summed E-state index contributed by atoms with van der Waals surface area (Å²) in [6.07, 6.45) is -0.648. The molecule has 1 aliphatic rings. The van der Waals surface area contributed by atoms with Gasteiger partial charge in [0.1, 0.15) is 6.61 Å². The first-order chi connectivity index (χ1) is 10.5. The molecule has 22 heavy (non-hydrogen) atoms. The van der Waals surface area contributed by atoms with Crippen LogP contribution in [0.4, 0.5) is 0 Å². The molecule has 0 saturated carbocycles. The lowest BCUT2D eigenvalue weighted by Crippen LogP contribution is -2.53. The second kappa shape index (κ2) is 6.92. The van der Waals surface area contributed by atoms with Crippen LogP contribution in [-0.4, -0.2) is 54.5 Å². The van der Waals surface area contributed by atoms with Gasteiger partial charge in [0.2, 0.25) is 5.91 Å². The molecule has 0 bridgehead atoms. The normalized spacial score (nSPS) is 21.8. The van der Waals surface area contributed by atoms with Crippen LogP contribution in [0.5, 0.6) is 0 Å². The number of hydrogen-bond donors (Lipinski definition) is 0. The van der Waals surface area contributed by atoms with Crippen LogP contribution in [0, 0.1) is 6.92 Å². The molecule has 0 aliphatic carbocycles. The summed E-state index contributed by atoms with van der Waals surface area (Å²) in [5.74, 6) is -0.163. The van der Waals surface area contributed by atoms with Crippen LogP contribution in [0.1, 0.15) is 31.0 Å². The van der Waals surface area contributed by atoms with Gasteiger partial charge in [-0.15, -0.1) is 0 Å². The highest BCUT2D eigenvalue weighted by Gasteiger charge is 2.41. The third-order valence-electron chi connectivity index (χ3n) is 4.22. The van der Waals surface area contributed by atoms with Gasteiger partial charge in [-0.25, -0.2) is 0 Å². The molecule has 1 fully saturated rings. The number of rotatable bonds is 4. The predicted molar refractivity (Wildman–Crippen MR) is 84.4 cm³/mol. The zero-order valence-corrected chi connectivity index (χ0v) is 13.7. The SMILES string of the molecule is CCN(CC)C(=O)[C@@H]1OCC(=O)N(C)[C@@H]1c1ccc(C)cc1. The Labute approximate surface area is 131 Å². The van der Waals surface area contributed by atoms with Crippen molar-refractivity contribution >= 4 is 11.8 Å². The minimum absolute atomic E-state index is 0.0451. The van der Waals surface area contributed by atoms with E-state index in [1.165, 1.54) is 0 Å². The van der Waals surface area contributed by atoms with Gasteiger partial charge in [-0.05, 0) is 26.3 Å². The molecule has 1 aromatic carbocycles. The monoisotopic (exact) mass is 304 g/mol. The number of benzene rings is 1. The Morgan fingerprint density at radius 2 is 1.86 bits per heavy atom. The molecule has 5 nitrogen and oxygen atoms in total. The first-order valence-electron chi connectivity index (χ1n) is 7.72. The Kier molecular flexibility index (Phi) is 5.19. The van der Waals surface area contributed by atoms with Gasteiger partial charge in [0.05, 0.1) is 6.04 Å². The second-order valence-corrected chi connectivity index (χ2v) is 5.60. The molecule has 1 aliphatic heterocycles. The smallest absolute Gasteiger partial charge is 0.254 e. The average Bonchev–Trinajstić information content (AvgIpc) is 2.52. The van der Waals surface area contributed by atoms with E-state index >= 15 is 0 Å².